The number of carbonyl (C=O) groups is 2. The van der Waals surface area contributed by atoms with E-state index >= 15 is 0 Å². The van der Waals surface area contributed by atoms with Gasteiger partial charge in [-0.25, -0.2) is 0 Å². The molecular formula is C25H32F3N5O2. The minimum absolute atomic E-state index is 0.000189. The van der Waals surface area contributed by atoms with Crippen LogP contribution in [0.15, 0.2) is 53.3 Å². The molecule has 0 bridgehead atoms. The van der Waals surface area contributed by atoms with Gasteiger partial charge in [0.25, 0.3) is 5.91 Å². The molecule has 190 valence electrons. The smallest absolute Gasteiger partial charge is 0.405 e. The van der Waals surface area contributed by atoms with Crippen LogP contribution in [-0.4, -0.2) is 54.6 Å². The third-order valence-corrected chi connectivity index (χ3v) is 6.48. The summed E-state index contributed by atoms with van der Waals surface area (Å²) in [6.45, 7) is 3.07. The van der Waals surface area contributed by atoms with Crippen molar-refractivity contribution < 1.29 is 22.8 Å². The monoisotopic (exact) mass is 491 g/mol. The van der Waals surface area contributed by atoms with Gasteiger partial charge in [0, 0.05) is 37.1 Å². The third-order valence-electron chi connectivity index (χ3n) is 6.48. The second kappa shape index (κ2) is 12.0. The summed E-state index contributed by atoms with van der Waals surface area (Å²) in [4.78, 5) is 30.9. The maximum atomic E-state index is 12.8. The van der Waals surface area contributed by atoms with Gasteiger partial charge in [-0.15, -0.1) is 0 Å². The van der Waals surface area contributed by atoms with Crippen molar-refractivity contribution in [2.24, 2.45) is 16.6 Å². The predicted octanol–water partition coefficient (Wildman–Crippen LogP) is 3.24. The molecule has 0 atom stereocenters. The molecule has 0 unspecified atom stereocenters. The zero-order valence-electron chi connectivity index (χ0n) is 19.7. The first-order chi connectivity index (χ1) is 16.7. The van der Waals surface area contributed by atoms with Crippen LogP contribution in [0.5, 0.6) is 0 Å². The Balaban J connectivity index is 1.38. The topological polar surface area (TPSA) is 99.8 Å². The Bertz CT molecular complexity index is 976. The first kappa shape index (κ1) is 26.5. The standard InChI is InChI=1S/C25H32F3N5O2/c1-2-30-13-19(10-11-29)17-6-8-22(9-7-17)33-15-21(16-33)32-23(34)14-31-24(35)18-4-3-5-20(12-18)25(26,27)28/h2-5,10-13,17,21-22H,6-9,14-16,29H2,1H3,(H,31,35)(H,32,34)/b11-10+,19-13+,30-2?. The highest BCUT2D eigenvalue weighted by molar-refractivity contribution is 5.96. The van der Waals surface area contributed by atoms with Crippen molar-refractivity contribution in [1.29, 1.82) is 0 Å². The molecule has 35 heavy (non-hydrogen) atoms. The number of aliphatic imine (C=N–C) groups is 1. The normalized spacial score (nSPS) is 22.3. The number of halogens is 3. The van der Waals surface area contributed by atoms with Crippen LogP contribution < -0.4 is 16.4 Å². The highest BCUT2D eigenvalue weighted by Crippen LogP contribution is 2.34. The van der Waals surface area contributed by atoms with Gasteiger partial charge in [0.2, 0.25) is 5.91 Å². The van der Waals surface area contributed by atoms with Gasteiger partial charge in [0.05, 0.1) is 18.2 Å². The molecule has 2 aliphatic rings. The van der Waals surface area contributed by atoms with E-state index in [2.05, 4.69) is 20.5 Å². The predicted molar refractivity (Wildman–Crippen MR) is 129 cm³/mol. The molecule has 1 aromatic carbocycles. The molecule has 1 aliphatic heterocycles. The van der Waals surface area contributed by atoms with E-state index in [1.807, 2.05) is 19.2 Å². The minimum atomic E-state index is -4.53. The van der Waals surface area contributed by atoms with Crippen molar-refractivity contribution in [2.75, 3.05) is 19.6 Å². The molecule has 1 saturated heterocycles. The van der Waals surface area contributed by atoms with Gasteiger partial charge >= 0.3 is 6.18 Å². The zero-order valence-corrected chi connectivity index (χ0v) is 19.7. The van der Waals surface area contributed by atoms with Crippen LogP contribution in [0.25, 0.3) is 0 Å². The van der Waals surface area contributed by atoms with Crippen molar-refractivity contribution in [3.8, 4) is 0 Å². The van der Waals surface area contributed by atoms with Crippen molar-refractivity contribution in [1.82, 2.24) is 15.5 Å². The molecule has 1 saturated carbocycles. The molecule has 0 spiro atoms. The number of nitrogens with one attached hydrogen (secondary N) is 2. The van der Waals surface area contributed by atoms with E-state index in [0.29, 0.717) is 12.0 Å². The molecule has 0 radical (unpaired) electrons. The largest absolute Gasteiger partial charge is 0.416 e. The number of nitrogens with zero attached hydrogens (tertiary/aromatic N) is 2. The van der Waals surface area contributed by atoms with Crippen LogP contribution in [0.3, 0.4) is 0 Å². The zero-order chi connectivity index (χ0) is 25.4. The number of carbonyl (C=O) groups excluding carboxylic acids is 2. The summed E-state index contributed by atoms with van der Waals surface area (Å²) in [5.41, 5.74) is 5.68. The Morgan fingerprint density at radius 2 is 1.91 bits per heavy atom. The molecule has 1 aromatic rings. The Labute approximate surface area is 203 Å². The number of alkyl halides is 3. The number of benzene rings is 1. The molecule has 7 nitrogen and oxygen atoms in total. The van der Waals surface area contributed by atoms with Gasteiger partial charge in [-0.2, -0.15) is 13.2 Å². The Kier molecular flexibility index (Phi) is 9.08. The van der Waals surface area contributed by atoms with Crippen LogP contribution in [0.4, 0.5) is 13.2 Å². The van der Waals surface area contributed by atoms with E-state index in [4.69, 9.17) is 5.73 Å². The van der Waals surface area contributed by atoms with E-state index in [-0.39, 0.29) is 24.1 Å². The molecule has 2 fully saturated rings. The summed E-state index contributed by atoms with van der Waals surface area (Å²) in [5.74, 6) is -0.647. The van der Waals surface area contributed by atoms with Crippen molar-refractivity contribution in [3.05, 3.63) is 59.4 Å². The van der Waals surface area contributed by atoms with E-state index in [9.17, 15) is 22.8 Å². The fourth-order valence-electron chi connectivity index (χ4n) is 4.61. The molecule has 4 N–H and O–H groups in total. The number of nitrogens with two attached hydrogens (primary N) is 1. The van der Waals surface area contributed by atoms with E-state index in [1.54, 1.807) is 12.4 Å². The number of hydrogen-bond donors (Lipinski definition) is 3. The summed E-state index contributed by atoms with van der Waals surface area (Å²) in [6.07, 6.45) is 6.77. The third kappa shape index (κ3) is 7.42. The Morgan fingerprint density at radius 3 is 2.54 bits per heavy atom. The Morgan fingerprint density at radius 1 is 1.20 bits per heavy atom. The summed E-state index contributed by atoms with van der Waals surface area (Å²) in [7, 11) is 0. The minimum Gasteiger partial charge on any atom is -0.405 e. The molecule has 0 aromatic heterocycles. The summed E-state index contributed by atoms with van der Waals surface area (Å²) in [6, 6.07) is 4.58. The summed E-state index contributed by atoms with van der Waals surface area (Å²) < 4.78 is 38.4. The van der Waals surface area contributed by atoms with Crippen molar-refractivity contribution in [2.45, 2.75) is 50.9 Å². The maximum absolute atomic E-state index is 12.8. The van der Waals surface area contributed by atoms with Crippen LogP contribution in [-0.2, 0) is 11.0 Å². The average Bonchev–Trinajstić information content (AvgIpc) is 2.82. The quantitative estimate of drug-likeness (QED) is 0.384. The lowest BCUT2D eigenvalue weighted by Gasteiger charge is -2.46. The summed E-state index contributed by atoms with van der Waals surface area (Å²) in [5, 5.41) is 5.26. The Hall–Kier alpha value is -3.14. The lowest BCUT2D eigenvalue weighted by atomic mass is 9.80. The molecule has 1 aliphatic carbocycles. The average molecular weight is 492 g/mol. The van der Waals surface area contributed by atoms with Gasteiger partial charge in [0.1, 0.15) is 0 Å². The molecular weight excluding hydrogens is 459 g/mol. The van der Waals surface area contributed by atoms with Gasteiger partial charge in [0.15, 0.2) is 0 Å². The van der Waals surface area contributed by atoms with Gasteiger partial charge in [-0.05, 0) is 74.6 Å². The second-order valence-electron chi connectivity index (χ2n) is 8.88. The maximum Gasteiger partial charge on any atom is 0.416 e. The molecule has 3 rings (SSSR count). The van der Waals surface area contributed by atoms with Crippen LogP contribution in [0, 0.1) is 5.92 Å². The molecule has 10 heteroatoms. The summed E-state index contributed by atoms with van der Waals surface area (Å²) >= 11 is 0. The SMILES string of the molecule is CC=N/C=C(\C=C\N)C1CCC(N2CC(NC(=O)CNC(=O)c3cccc(C(F)(F)F)c3)C2)CC1. The van der Waals surface area contributed by atoms with Crippen LogP contribution in [0.2, 0.25) is 0 Å². The van der Waals surface area contributed by atoms with E-state index in [1.165, 1.54) is 12.1 Å². The lowest BCUT2D eigenvalue weighted by Crippen LogP contribution is -2.63. The number of allylic oxidation sites excluding steroid dienone is 2. The fraction of sp³-hybridized carbons (Fsp3) is 0.480. The first-order valence-electron chi connectivity index (χ1n) is 11.8. The number of rotatable bonds is 8. The highest BCUT2D eigenvalue weighted by atomic mass is 19.4. The van der Waals surface area contributed by atoms with Gasteiger partial charge in [-0.3, -0.25) is 19.5 Å². The fourth-order valence-corrected chi connectivity index (χ4v) is 4.61. The number of likely N-dealkylation sites (tertiary alicyclic amines) is 1. The number of hydrogen-bond acceptors (Lipinski definition) is 5. The lowest BCUT2D eigenvalue weighted by molar-refractivity contribution is -0.137. The van der Waals surface area contributed by atoms with Crippen LogP contribution >= 0.6 is 0 Å². The van der Waals surface area contributed by atoms with Gasteiger partial charge in [-0.1, -0.05) is 6.07 Å². The second-order valence-corrected chi connectivity index (χ2v) is 8.88. The van der Waals surface area contributed by atoms with Crippen molar-refractivity contribution >= 4 is 18.0 Å². The first-order valence-corrected chi connectivity index (χ1v) is 11.8. The van der Waals surface area contributed by atoms with Gasteiger partial charge < -0.3 is 16.4 Å². The van der Waals surface area contributed by atoms with E-state index < -0.39 is 17.6 Å². The number of amides is 2. The van der Waals surface area contributed by atoms with E-state index in [0.717, 1.165) is 56.5 Å². The van der Waals surface area contributed by atoms with Crippen LogP contribution in [0.1, 0.15) is 48.5 Å². The molecule has 1 heterocycles. The highest BCUT2D eigenvalue weighted by Gasteiger charge is 2.35. The van der Waals surface area contributed by atoms with Crippen molar-refractivity contribution in [3.63, 3.8) is 0 Å². The molecule has 2 amide bonds.